The van der Waals surface area contributed by atoms with Gasteiger partial charge in [-0.2, -0.15) is 0 Å². The summed E-state index contributed by atoms with van der Waals surface area (Å²) in [4.78, 5) is 0. The predicted octanol–water partition coefficient (Wildman–Crippen LogP) is 6.72. The van der Waals surface area contributed by atoms with Crippen molar-refractivity contribution in [3.05, 3.63) is 59.2 Å². The third kappa shape index (κ3) is 3.20. The largest absolute Gasteiger partial charge is 0.0622 e. The van der Waals surface area contributed by atoms with Gasteiger partial charge in [0.1, 0.15) is 0 Å². The molecule has 0 saturated heterocycles. The van der Waals surface area contributed by atoms with Crippen molar-refractivity contribution in [1.82, 2.24) is 0 Å². The maximum absolute atomic E-state index is 2.35. The minimum Gasteiger partial charge on any atom is -0.0622 e. The summed E-state index contributed by atoms with van der Waals surface area (Å²) in [5.74, 6) is 1.64. The molecule has 0 heteroatoms. The lowest BCUT2D eigenvalue weighted by Gasteiger charge is -2.25. The van der Waals surface area contributed by atoms with Crippen molar-refractivity contribution in [2.45, 2.75) is 59.3 Å². The van der Waals surface area contributed by atoms with Crippen LogP contribution in [0, 0.1) is 0 Å². The van der Waals surface area contributed by atoms with Crippen molar-refractivity contribution in [2.24, 2.45) is 0 Å². The molecule has 2 aromatic rings. The molecule has 0 amide bonds. The quantitative estimate of drug-likeness (QED) is 0.583. The van der Waals surface area contributed by atoms with Crippen LogP contribution in [-0.2, 0) is 0 Å². The third-order valence-electron chi connectivity index (χ3n) is 4.20. The molecule has 112 valence electrons. The summed E-state index contributed by atoms with van der Waals surface area (Å²) in [6, 6.07) is 15.6. The van der Waals surface area contributed by atoms with E-state index in [1.807, 2.05) is 0 Å². The standard InChI is InChI=1S/C21H28/c1-14(2)18-12-13-19(15(3)4)21(20(18)16(5)6)17-10-8-7-9-11-17/h7-16H,1-6H3. The Morgan fingerprint density at radius 1 is 0.571 bits per heavy atom. The van der Waals surface area contributed by atoms with Crippen molar-refractivity contribution >= 4 is 0 Å². The molecule has 0 atom stereocenters. The number of rotatable bonds is 4. The molecular formula is C21H28. The highest BCUT2D eigenvalue weighted by atomic mass is 14.2. The van der Waals surface area contributed by atoms with Gasteiger partial charge in [-0.25, -0.2) is 0 Å². The number of hydrogen-bond donors (Lipinski definition) is 0. The maximum Gasteiger partial charge on any atom is -0.0112 e. The first-order chi connectivity index (χ1) is 9.93. The minimum atomic E-state index is 0.538. The van der Waals surface area contributed by atoms with E-state index in [4.69, 9.17) is 0 Å². The average Bonchev–Trinajstić information content (AvgIpc) is 2.46. The van der Waals surface area contributed by atoms with Crippen LogP contribution in [0.5, 0.6) is 0 Å². The van der Waals surface area contributed by atoms with Crippen LogP contribution in [-0.4, -0.2) is 0 Å². The second kappa shape index (κ2) is 6.47. The van der Waals surface area contributed by atoms with E-state index >= 15 is 0 Å². The van der Waals surface area contributed by atoms with E-state index in [0.29, 0.717) is 17.8 Å². The van der Waals surface area contributed by atoms with Gasteiger partial charge in [-0.3, -0.25) is 0 Å². The van der Waals surface area contributed by atoms with E-state index in [2.05, 4.69) is 84.0 Å². The van der Waals surface area contributed by atoms with E-state index in [-0.39, 0.29) is 0 Å². The maximum atomic E-state index is 2.35. The second-order valence-electron chi connectivity index (χ2n) is 6.86. The van der Waals surface area contributed by atoms with Crippen LogP contribution < -0.4 is 0 Å². The monoisotopic (exact) mass is 280 g/mol. The Hall–Kier alpha value is -1.56. The first-order valence-electron chi connectivity index (χ1n) is 8.15. The Morgan fingerprint density at radius 3 is 1.57 bits per heavy atom. The SMILES string of the molecule is CC(C)c1ccc(C(C)C)c(C(C)C)c1-c1ccccc1. The summed E-state index contributed by atoms with van der Waals surface area (Å²) in [5, 5.41) is 0. The molecule has 0 radical (unpaired) electrons. The Balaban J connectivity index is 2.82. The second-order valence-corrected chi connectivity index (χ2v) is 6.86. The van der Waals surface area contributed by atoms with Gasteiger partial charge in [0.05, 0.1) is 0 Å². The van der Waals surface area contributed by atoms with Crippen LogP contribution in [0.3, 0.4) is 0 Å². The van der Waals surface area contributed by atoms with Gasteiger partial charge in [-0.15, -0.1) is 0 Å². The van der Waals surface area contributed by atoms with Gasteiger partial charge in [0.2, 0.25) is 0 Å². The Bertz CT molecular complexity index is 589. The zero-order chi connectivity index (χ0) is 15.6. The molecule has 0 aliphatic carbocycles. The van der Waals surface area contributed by atoms with E-state index in [1.54, 1.807) is 0 Å². The summed E-state index contributed by atoms with van der Waals surface area (Å²) in [6.07, 6.45) is 0. The normalized spacial score (nSPS) is 11.7. The first kappa shape index (κ1) is 15.8. The molecule has 0 nitrogen and oxygen atoms in total. The summed E-state index contributed by atoms with van der Waals surface area (Å²) in [7, 11) is 0. The molecule has 0 fully saturated rings. The van der Waals surface area contributed by atoms with Gasteiger partial charge in [0.15, 0.2) is 0 Å². The van der Waals surface area contributed by atoms with Crippen molar-refractivity contribution in [2.75, 3.05) is 0 Å². The van der Waals surface area contributed by atoms with Gasteiger partial charge in [0, 0.05) is 0 Å². The fourth-order valence-electron chi connectivity index (χ4n) is 3.19. The molecule has 0 aliphatic rings. The smallest absolute Gasteiger partial charge is 0.0112 e. The van der Waals surface area contributed by atoms with Crippen LogP contribution in [0.4, 0.5) is 0 Å². The van der Waals surface area contributed by atoms with Crippen LogP contribution in [0.25, 0.3) is 11.1 Å². The molecule has 0 saturated carbocycles. The molecule has 0 N–H and O–H groups in total. The molecule has 0 aliphatic heterocycles. The lowest BCUT2D eigenvalue weighted by Crippen LogP contribution is -2.05. The fourth-order valence-corrected chi connectivity index (χ4v) is 3.19. The van der Waals surface area contributed by atoms with Gasteiger partial charge in [-0.05, 0) is 45.6 Å². The Kier molecular flexibility index (Phi) is 4.88. The van der Waals surface area contributed by atoms with Crippen molar-refractivity contribution < 1.29 is 0 Å². The highest BCUT2D eigenvalue weighted by Gasteiger charge is 2.20. The van der Waals surface area contributed by atoms with Gasteiger partial charge in [-0.1, -0.05) is 84.0 Å². The van der Waals surface area contributed by atoms with Crippen molar-refractivity contribution in [3.63, 3.8) is 0 Å². The van der Waals surface area contributed by atoms with Crippen LogP contribution in [0.15, 0.2) is 42.5 Å². The number of benzene rings is 2. The summed E-state index contributed by atoms with van der Waals surface area (Å²) in [5.41, 5.74) is 7.31. The Morgan fingerprint density at radius 2 is 1.10 bits per heavy atom. The van der Waals surface area contributed by atoms with E-state index < -0.39 is 0 Å². The topological polar surface area (TPSA) is 0 Å². The molecule has 0 heterocycles. The van der Waals surface area contributed by atoms with Crippen LogP contribution in [0.1, 0.15) is 76.0 Å². The molecular weight excluding hydrogens is 252 g/mol. The molecule has 2 aromatic carbocycles. The molecule has 0 unspecified atom stereocenters. The average molecular weight is 280 g/mol. The lowest BCUT2D eigenvalue weighted by molar-refractivity contribution is 0.781. The zero-order valence-corrected chi connectivity index (χ0v) is 14.3. The summed E-state index contributed by atoms with van der Waals surface area (Å²) >= 11 is 0. The fraction of sp³-hybridized carbons (Fsp3) is 0.429. The first-order valence-corrected chi connectivity index (χ1v) is 8.15. The van der Waals surface area contributed by atoms with Gasteiger partial charge in [0.25, 0.3) is 0 Å². The van der Waals surface area contributed by atoms with E-state index in [1.165, 1.54) is 27.8 Å². The Labute approximate surface area is 130 Å². The highest BCUT2D eigenvalue weighted by molar-refractivity contribution is 5.74. The minimum absolute atomic E-state index is 0.538. The van der Waals surface area contributed by atoms with Crippen molar-refractivity contribution in [1.29, 1.82) is 0 Å². The summed E-state index contributed by atoms with van der Waals surface area (Å²) in [6.45, 7) is 13.8. The van der Waals surface area contributed by atoms with Crippen molar-refractivity contribution in [3.8, 4) is 11.1 Å². The van der Waals surface area contributed by atoms with E-state index in [0.717, 1.165) is 0 Å². The van der Waals surface area contributed by atoms with Crippen LogP contribution in [0.2, 0.25) is 0 Å². The van der Waals surface area contributed by atoms with Gasteiger partial charge < -0.3 is 0 Å². The highest BCUT2D eigenvalue weighted by Crippen LogP contribution is 2.40. The number of hydrogen-bond acceptors (Lipinski definition) is 0. The predicted molar refractivity (Wildman–Crippen MR) is 94.1 cm³/mol. The zero-order valence-electron chi connectivity index (χ0n) is 14.3. The van der Waals surface area contributed by atoms with E-state index in [9.17, 15) is 0 Å². The molecule has 21 heavy (non-hydrogen) atoms. The van der Waals surface area contributed by atoms with Gasteiger partial charge >= 0.3 is 0 Å². The molecule has 0 bridgehead atoms. The van der Waals surface area contributed by atoms with Crippen LogP contribution >= 0.6 is 0 Å². The summed E-state index contributed by atoms with van der Waals surface area (Å²) < 4.78 is 0. The lowest BCUT2D eigenvalue weighted by atomic mass is 9.80. The molecule has 0 aromatic heterocycles. The molecule has 2 rings (SSSR count). The third-order valence-corrected chi connectivity index (χ3v) is 4.20. The molecule has 0 spiro atoms.